The highest BCUT2D eigenvalue weighted by atomic mass is 35.5. The van der Waals surface area contributed by atoms with Gasteiger partial charge in [0.25, 0.3) is 0 Å². The number of anilines is 1. The molecule has 0 aliphatic rings. The van der Waals surface area contributed by atoms with E-state index in [1.807, 2.05) is 5.09 Å². The summed E-state index contributed by atoms with van der Waals surface area (Å²) in [7, 11) is -7.84. The van der Waals surface area contributed by atoms with E-state index in [-0.39, 0.29) is 10.7 Å². The van der Waals surface area contributed by atoms with Crippen LogP contribution in [0, 0.1) is 0 Å². The summed E-state index contributed by atoms with van der Waals surface area (Å²) < 4.78 is 25.4. The van der Waals surface area contributed by atoms with Gasteiger partial charge in [0.2, 0.25) is 0 Å². The predicted octanol–water partition coefficient (Wildman–Crippen LogP) is 2.25. The van der Waals surface area contributed by atoms with E-state index in [4.69, 9.17) is 21.4 Å². The van der Waals surface area contributed by atoms with Crippen LogP contribution in [0.25, 0.3) is 0 Å². The summed E-state index contributed by atoms with van der Waals surface area (Å²) in [4.78, 5) is 17.4. The molecule has 0 spiro atoms. The van der Waals surface area contributed by atoms with Crippen molar-refractivity contribution in [1.82, 2.24) is 0 Å². The fourth-order valence-electron chi connectivity index (χ4n) is 0.833. The van der Waals surface area contributed by atoms with Crippen molar-refractivity contribution in [2.24, 2.45) is 0 Å². The summed E-state index contributed by atoms with van der Waals surface area (Å²) in [6, 6.07) is 6.14. The fraction of sp³-hybridized carbons (Fsp3) is 0. The first kappa shape index (κ1) is 12.7. The SMILES string of the molecule is O=[PH](O)OP(=O)(O)Nc1ccccc1Cl. The van der Waals surface area contributed by atoms with E-state index in [0.29, 0.717) is 0 Å². The van der Waals surface area contributed by atoms with Gasteiger partial charge in [-0.15, -0.1) is 0 Å². The van der Waals surface area contributed by atoms with Gasteiger partial charge < -0.3 is 9.79 Å². The number of hydrogen-bond donors (Lipinski definition) is 3. The molecule has 0 heterocycles. The summed E-state index contributed by atoms with van der Waals surface area (Å²) in [5, 5.41) is 2.24. The van der Waals surface area contributed by atoms with Crippen LogP contribution in [0.3, 0.4) is 0 Å². The number of halogens is 1. The molecule has 9 heteroatoms. The molecule has 0 saturated carbocycles. The monoisotopic (exact) mass is 271 g/mol. The first-order valence-electron chi connectivity index (χ1n) is 3.69. The van der Waals surface area contributed by atoms with Crippen LogP contribution in [0.15, 0.2) is 24.3 Å². The zero-order chi connectivity index (χ0) is 11.5. The minimum absolute atomic E-state index is 0.147. The highest BCUT2D eigenvalue weighted by Crippen LogP contribution is 2.50. The third-order valence-electron chi connectivity index (χ3n) is 1.34. The predicted molar refractivity (Wildman–Crippen MR) is 57.2 cm³/mol. The Bertz CT molecular complexity index is 426. The van der Waals surface area contributed by atoms with Crippen LogP contribution < -0.4 is 5.09 Å². The molecule has 0 saturated heterocycles. The van der Waals surface area contributed by atoms with Gasteiger partial charge in [-0.1, -0.05) is 23.7 Å². The Morgan fingerprint density at radius 1 is 1.47 bits per heavy atom. The lowest BCUT2D eigenvalue weighted by atomic mass is 10.3. The van der Waals surface area contributed by atoms with E-state index >= 15 is 0 Å². The lowest BCUT2D eigenvalue weighted by Crippen LogP contribution is -1.97. The first-order valence-corrected chi connectivity index (χ1v) is 6.91. The van der Waals surface area contributed by atoms with Crippen molar-refractivity contribution < 1.29 is 23.2 Å². The summed E-state index contributed by atoms with van der Waals surface area (Å²) in [6.45, 7) is 0. The van der Waals surface area contributed by atoms with Crippen LogP contribution in [-0.2, 0) is 13.4 Å². The highest BCUT2D eigenvalue weighted by Gasteiger charge is 2.22. The molecule has 0 amide bonds. The molecule has 1 aromatic rings. The number of para-hydroxylation sites is 1. The van der Waals surface area contributed by atoms with E-state index < -0.39 is 16.0 Å². The molecule has 0 bridgehead atoms. The third-order valence-corrected chi connectivity index (χ3v) is 3.81. The van der Waals surface area contributed by atoms with Crippen LogP contribution in [0.2, 0.25) is 5.02 Å². The Hall–Kier alpha value is -0.350. The van der Waals surface area contributed by atoms with Gasteiger partial charge in [0.15, 0.2) is 0 Å². The Kier molecular flexibility index (Phi) is 4.34. The molecular formula is C6H8ClNO5P2. The molecule has 2 unspecified atom stereocenters. The maximum atomic E-state index is 11.2. The minimum atomic E-state index is -4.35. The van der Waals surface area contributed by atoms with Crippen LogP contribution in [0.4, 0.5) is 5.69 Å². The first-order chi connectivity index (χ1) is 6.91. The Morgan fingerprint density at radius 2 is 2.07 bits per heavy atom. The molecule has 0 aliphatic heterocycles. The van der Waals surface area contributed by atoms with Crippen LogP contribution in [0.1, 0.15) is 0 Å². The van der Waals surface area contributed by atoms with Gasteiger partial charge in [-0.3, -0.25) is 9.65 Å². The molecule has 1 aromatic carbocycles. The second-order valence-electron chi connectivity index (χ2n) is 2.47. The molecule has 6 nitrogen and oxygen atoms in total. The second-order valence-corrected chi connectivity index (χ2v) is 5.40. The van der Waals surface area contributed by atoms with Crippen molar-refractivity contribution in [2.75, 3.05) is 5.09 Å². The maximum Gasteiger partial charge on any atom is 0.437 e. The van der Waals surface area contributed by atoms with Crippen molar-refractivity contribution in [1.29, 1.82) is 0 Å². The topological polar surface area (TPSA) is 95.9 Å². The molecule has 0 aromatic heterocycles. The molecule has 0 fully saturated rings. The van der Waals surface area contributed by atoms with E-state index in [1.54, 1.807) is 12.1 Å². The molecular weight excluding hydrogens is 263 g/mol. The summed E-state index contributed by atoms with van der Waals surface area (Å²) in [6.07, 6.45) is 0. The van der Waals surface area contributed by atoms with Gasteiger partial charge in [-0.2, -0.15) is 0 Å². The van der Waals surface area contributed by atoms with Gasteiger partial charge in [0, 0.05) is 0 Å². The lowest BCUT2D eigenvalue weighted by Gasteiger charge is -2.12. The molecule has 3 N–H and O–H groups in total. The largest absolute Gasteiger partial charge is 0.437 e. The van der Waals surface area contributed by atoms with E-state index in [2.05, 4.69) is 4.31 Å². The van der Waals surface area contributed by atoms with Crippen LogP contribution in [0.5, 0.6) is 0 Å². The van der Waals surface area contributed by atoms with E-state index in [0.717, 1.165) is 0 Å². The van der Waals surface area contributed by atoms with Gasteiger partial charge in [0.1, 0.15) is 0 Å². The van der Waals surface area contributed by atoms with Gasteiger partial charge in [-0.25, -0.2) is 8.88 Å². The highest BCUT2D eigenvalue weighted by molar-refractivity contribution is 7.60. The summed E-state index contributed by atoms with van der Waals surface area (Å²) in [5.41, 5.74) is 0.147. The van der Waals surface area contributed by atoms with Crippen LogP contribution >= 0.6 is 27.6 Å². The number of benzene rings is 1. The smallest absolute Gasteiger partial charge is 0.326 e. The van der Waals surface area contributed by atoms with Crippen molar-refractivity contribution >= 4 is 33.3 Å². The molecule has 2 atom stereocenters. The van der Waals surface area contributed by atoms with E-state index in [1.165, 1.54) is 12.1 Å². The van der Waals surface area contributed by atoms with Crippen molar-refractivity contribution in [3.63, 3.8) is 0 Å². The minimum Gasteiger partial charge on any atom is -0.326 e. The molecule has 1 rings (SSSR count). The number of hydrogen-bond acceptors (Lipinski definition) is 3. The standard InChI is InChI=1S/C6H8ClNO5P2/c7-5-3-1-2-4-6(5)8-15(11,12)13-14(9)10/h1-4,14H,(H,9,10)(H2,8,11,12). The molecule has 84 valence electrons. The van der Waals surface area contributed by atoms with E-state index in [9.17, 15) is 9.13 Å². The van der Waals surface area contributed by atoms with Crippen LogP contribution in [-0.4, -0.2) is 9.79 Å². The average Bonchev–Trinajstić information content (AvgIpc) is 2.06. The summed E-state index contributed by atoms with van der Waals surface area (Å²) >= 11 is 5.68. The fourth-order valence-corrected chi connectivity index (χ4v) is 2.61. The van der Waals surface area contributed by atoms with Crippen molar-refractivity contribution in [2.45, 2.75) is 0 Å². The maximum absolute atomic E-state index is 11.2. The Morgan fingerprint density at radius 3 is 2.60 bits per heavy atom. The average molecular weight is 272 g/mol. The van der Waals surface area contributed by atoms with Crippen molar-refractivity contribution in [3.8, 4) is 0 Å². The molecule has 15 heavy (non-hydrogen) atoms. The lowest BCUT2D eigenvalue weighted by molar-refractivity contribution is 0.355. The third kappa shape index (κ3) is 4.34. The quantitative estimate of drug-likeness (QED) is 0.727. The van der Waals surface area contributed by atoms with Gasteiger partial charge >= 0.3 is 16.0 Å². The Balaban J connectivity index is 2.82. The van der Waals surface area contributed by atoms with Gasteiger partial charge in [0.05, 0.1) is 10.7 Å². The Labute approximate surface area is 91.4 Å². The van der Waals surface area contributed by atoms with Gasteiger partial charge in [-0.05, 0) is 12.1 Å². The number of nitrogens with one attached hydrogen (secondary N) is 1. The normalized spacial score (nSPS) is 16.7. The zero-order valence-electron chi connectivity index (χ0n) is 7.25. The summed E-state index contributed by atoms with van der Waals surface area (Å²) in [5.74, 6) is 0. The second kappa shape index (κ2) is 5.12. The molecule has 0 aliphatic carbocycles. The van der Waals surface area contributed by atoms with Crippen molar-refractivity contribution in [3.05, 3.63) is 29.3 Å². The molecule has 0 radical (unpaired) electrons. The number of rotatable bonds is 4. The zero-order valence-corrected chi connectivity index (χ0v) is 9.90.